The van der Waals surface area contributed by atoms with Crippen LogP contribution in [0.25, 0.3) is 34.3 Å². The topological polar surface area (TPSA) is 118 Å². The van der Waals surface area contributed by atoms with Crippen molar-refractivity contribution in [2.45, 2.75) is 0 Å². The average molecular weight is 547 g/mol. The van der Waals surface area contributed by atoms with E-state index in [1.54, 1.807) is 31.0 Å². The predicted octanol–water partition coefficient (Wildman–Crippen LogP) is 3.74. The molecule has 0 saturated carbocycles. The molecule has 35 heavy (non-hydrogen) atoms. The van der Waals surface area contributed by atoms with Gasteiger partial charge in [-0.05, 0) is 54.4 Å². The average Bonchev–Trinajstić information content (AvgIpc) is 3.67. The van der Waals surface area contributed by atoms with E-state index in [-0.39, 0.29) is 19.5 Å². The maximum absolute atomic E-state index is 4.19. The molecule has 0 aliphatic heterocycles. The molecular weight excluding hydrogens is 527 g/mol. The molecule has 9 nitrogen and oxygen atoms in total. The van der Waals surface area contributed by atoms with Gasteiger partial charge in [-0.25, -0.2) is 0 Å². The van der Waals surface area contributed by atoms with Crippen molar-refractivity contribution >= 4 is 0 Å². The van der Waals surface area contributed by atoms with Crippen molar-refractivity contribution < 1.29 is 19.5 Å². The van der Waals surface area contributed by atoms with E-state index in [9.17, 15) is 0 Å². The van der Waals surface area contributed by atoms with Crippen LogP contribution in [0.4, 0.5) is 0 Å². The van der Waals surface area contributed by atoms with Gasteiger partial charge in [-0.1, -0.05) is 36.0 Å². The summed E-state index contributed by atoms with van der Waals surface area (Å²) < 4.78 is 0. The number of rotatable bonds is 3. The van der Waals surface area contributed by atoms with E-state index < -0.39 is 0 Å². The van der Waals surface area contributed by atoms with Crippen molar-refractivity contribution in [2.75, 3.05) is 0 Å². The van der Waals surface area contributed by atoms with Gasteiger partial charge in [0.15, 0.2) is 0 Å². The Hall–Kier alpha value is -4.43. The molecule has 0 N–H and O–H groups in total. The molecule has 0 amide bonds. The molecule has 0 saturated heterocycles. The van der Waals surface area contributed by atoms with Crippen LogP contribution in [0.1, 0.15) is 0 Å². The number of pyridine rings is 4. The molecule has 6 rings (SSSR count). The molecular formula is C25H19N9Ru. The monoisotopic (exact) mass is 547 g/mol. The SMILES string of the molecule is [Ru+2].c1ccc(-c2ccccn2)nc1.c1ccc(-c2ccn[n-]2)nc1.c1ccc(-c2ncn[n-]2)nc1. The van der Waals surface area contributed by atoms with Gasteiger partial charge in [0.05, 0.1) is 17.1 Å². The van der Waals surface area contributed by atoms with Gasteiger partial charge in [0.2, 0.25) is 0 Å². The van der Waals surface area contributed by atoms with Crippen LogP contribution in [0, 0.1) is 0 Å². The second kappa shape index (κ2) is 14.0. The second-order valence-electron chi connectivity index (χ2n) is 6.56. The van der Waals surface area contributed by atoms with Crippen molar-refractivity contribution in [2.24, 2.45) is 0 Å². The van der Waals surface area contributed by atoms with Gasteiger partial charge < -0.3 is 20.3 Å². The Balaban J connectivity index is 0.000000145. The number of nitrogens with zero attached hydrogens (tertiary/aromatic N) is 9. The molecule has 172 valence electrons. The van der Waals surface area contributed by atoms with Gasteiger partial charge in [0.1, 0.15) is 0 Å². The molecule has 0 spiro atoms. The van der Waals surface area contributed by atoms with Gasteiger partial charge in [-0.15, -0.1) is 0 Å². The van der Waals surface area contributed by atoms with Crippen LogP contribution < -0.4 is 10.2 Å². The summed E-state index contributed by atoms with van der Waals surface area (Å²) in [6.07, 6.45) is 10.0. The van der Waals surface area contributed by atoms with E-state index in [4.69, 9.17) is 0 Å². The smallest absolute Gasteiger partial charge is 0.574 e. The third kappa shape index (κ3) is 7.83. The maximum Gasteiger partial charge on any atom is 2.00 e. The van der Waals surface area contributed by atoms with Gasteiger partial charge in [0, 0.05) is 43.0 Å². The summed E-state index contributed by atoms with van der Waals surface area (Å²) >= 11 is 0. The summed E-state index contributed by atoms with van der Waals surface area (Å²) in [6.45, 7) is 0. The molecule has 0 aliphatic rings. The first-order valence-electron chi connectivity index (χ1n) is 10.3. The second-order valence-corrected chi connectivity index (χ2v) is 6.56. The summed E-state index contributed by atoms with van der Waals surface area (Å²) in [5.74, 6) is 0.575. The minimum atomic E-state index is 0. The van der Waals surface area contributed by atoms with Gasteiger partial charge in [-0.2, -0.15) is 0 Å². The molecule has 0 bridgehead atoms. The zero-order chi connectivity index (χ0) is 23.3. The first-order valence-corrected chi connectivity index (χ1v) is 10.3. The van der Waals surface area contributed by atoms with Crippen molar-refractivity contribution in [3.63, 3.8) is 0 Å². The minimum absolute atomic E-state index is 0. The van der Waals surface area contributed by atoms with Gasteiger partial charge in [0.25, 0.3) is 0 Å². The normalized spacial score (nSPS) is 9.49. The van der Waals surface area contributed by atoms with Crippen molar-refractivity contribution in [1.82, 2.24) is 45.3 Å². The Morgan fingerprint density at radius 1 is 0.429 bits per heavy atom. The molecule has 6 heterocycles. The van der Waals surface area contributed by atoms with Gasteiger partial charge >= 0.3 is 19.5 Å². The fraction of sp³-hybridized carbons (Fsp3) is 0. The number of aromatic nitrogens is 9. The summed E-state index contributed by atoms with van der Waals surface area (Å²) in [4.78, 5) is 20.4. The molecule has 0 radical (unpaired) electrons. The van der Waals surface area contributed by atoms with Crippen LogP contribution in [0.2, 0.25) is 0 Å². The molecule has 0 fully saturated rings. The van der Waals surface area contributed by atoms with E-state index in [2.05, 4.69) is 45.3 Å². The quantitative estimate of drug-likeness (QED) is 0.306. The maximum atomic E-state index is 4.19. The summed E-state index contributed by atoms with van der Waals surface area (Å²) in [5, 5.41) is 14.9. The van der Waals surface area contributed by atoms with E-state index in [0.29, 0.717) is 5.82 Å². The zero-order valence-corrected chi connectivity index (χ0v) is 20.1. The Kier molecular flexibility index (Phi) is 10.1. The molecule has 6 aromatic rings. The van der Waals surface area contributed by atoms with Crippen molar-refractivity contribution in [3.05, 3.63) is 116 Å². The van der Waals surface area contributed by atoms with Crippen LogP contribution in [-0.2, 0) is 19.5 Å². The minimum Gasteiger partial charge on any atom is -0.574 e. The molecule has 6 aromatic heterocycles. The summed E-state index contributed by atoms with van der Waals surface area (Å²) in [5.41, 5.74) is 4.27. The largest absolute Gasteiger partial charge is 2.00 e. The molecule has 0 aromatic carbocycles. The van der Waals surface area contributed by atoms with E-state index in [1.807, 2.05) is 78.9 Å². The summed E-state index contributed by atoms with van der Waals surface area (Å²) in [7, 11) is 0. The van der Waals surface area contributed by atoms with Gasteiger partial charge in [-0.3, -0.25) is 25.0 Å². The fourth-order valence-corrected chi connectivity index (χ4v) is 2.71. The first kappa shape index (κ1) is 25.2. The molecule has 0 aliphatic carbocycles. The van der Waals surface area contributed by atoms with Crippen LogP contribution in [0.5, 0.6) is 0 Å². The number of hydrogen-bond acceptors (Lipinski definition) is 7. The summed E-state index contributed by atoms with van der Waals surface area (Å²) in [6, 6.07) is 24.7. The van der Waals surface area contributed by atoms with Crippen LogP contribution in [0.15, 0.2) is 116 Å². The van der Waals surface area contributed by atoms with Crippen molar-refractivity contribution in [1.29, 1.82) is 0 Å². The zero-order valence-electron chi connectivity index (χ0n) is 18.3. The Morgan fingerprint density at radius 3 is 1.34 bits per heavy atom. The van der Waals surface area contributed by atoms with Crippen LogP contribution in [0.3, 0.4) is 0 Å². The first-order chi connectivity index (χ1) is 16.9. The molecule has 0 unspecified atom stereocenters. The Labute approximate surface area is 215 Å². The van der Waals surface area contributed by atoms with Crippen molar-refractivity contribution in [3.8, 4) is 34.3 Å². The van der Waals surface area contributed by atoms with Crippen LogP contribution in [-0.4, -0.2) is 35.1 Å². The standard InChI is InChI=1S/C10H8N2.C8H6N3.C7H5N4.Ru/c1-3-7-11-9(5-1)10-6-2-4-8-12-10;1-2-5-9-7(3-1)8-4-6-10-11-8;1-2-4-8-6(3-1)7-9-5-10-11-7;/h1-8H;1-6H;1-5H;/q;2*-1;+2. The fourth-order valence-electron chi connectivity index (χ4n) is 2.71. The van der Waals surface area contributed by atoms with E-state index in [1.165, 1.54) is 6.33 Å². The number of hydrogen-bond donors (Lipinski definition) is 0. The third-order valence-corrected chi connectivity index (χ3v) is 4.26. The third-order valence-electron chi connectivity index (χ3n) is 4.26. The molecule has 10 heteroatoms. The Bertz CT molecular complexity index is 1210. The molecule has 0 atom stereocenters. The van der Waals surface area contributed by atoms with E-state index >= 15 is 0 Å². The predicted molar refractivity (Wildman–Crippen MR) is 127 cm³/mol. The van der Waals surface area contributed by atoms with Crippen LogP contribution >= 0.6 is 0 Å². The van der Waals surface area contributed by atoms with E-state index in [0.717, 1.165) is 28.5 Å². The Morgan fingerprint density at radius 2 is 0.943 bits per heavy atom.